The highest BCUT2D eigenvalue weighted by Crippen LogP contribution is 2.38. The second kappa shape index (κ2) is 11.3. The van der Waals surface area contributed by atoms with Crippen molar-refractivity contribution in [2.75, 3.05) is 38.5 Å². The molecule has 0 amide bonds. The average Bonchev–Trinajstić information content (AvgIpc) is 2.90. The minimum Gasteiger partial charge on any atom is -0.399 e. The van der Waals surface area contributed by atoms with Crippen LogP contribution in [0.3, 0.4) is 0 Å². The molecule has 3 aromatic carbocycles. The zero-order valence-corrected chi connectivity index (χ0v) is 20.1. The van der Waals surface area contributed by atoms with Crippen molar-refractivity contribution >= 4 is 5.69 Å². The van der Waals surface area contributed by atoms with Gasteiger partial charge in [0.1, 0.15) is 0 Å². The van der Waals surface area contributed by atoms with Gasteiger partial charge in [-0.25, -0.2) is 0 Å². The Labute approximate surface area is 207 Å². The van der Waals surface area contributed by atoms with E-state index in [1.807, 2.05) is 36.4 Å². The lowest BCUT2D eigenvalue weighted by atomic mass is 9.99. The highest BCUT2D eigenvalue weighted by Gasteiger charge is 2.33. The van der Waals surface area contributed by atoms with Crippen LogP contribution in [0.2, 0.25) is 0 Å². The van der Waals surface area contributed by atoms with Gasteiger partial charge in [-0.3, -0.25) is 9.80 Å². The molecule has 0 radical (unpaired) electrons. The number of aliphatic hydroxyl groups excluding tert-OH is 1. The van der Waals surface area contributed by atoms with E-state index in [0.29, 0.717) is 5.69 Å². The van der Waals surface area contributed by atoms with Crippen molar-refractivity contribution in [2.24, 2.45) is 0 Å². The topological polar surface area (TPSA) is 71.2 Å². The zero-order chi connectivity index (χ0) is 24.0. The van der Waals surface area contributed by atoms with E-state index in [1.54, 1.807) is 0 Å². The average molecular weight is 474 g/mol. The number of rotatable bonds is 7. The maximum absolute atomic E-state index is 9.41. The number of benzene rings is 3. The van der Waals surface area contributed by atoms with Crippen LogP contribution in [0, 0.1) is 0 Å². The van der Waals surface area contributed by atoms with Crippen molar-refractivity contribution in [2.45, 2.75) is 38.1 Å². The third-order valence-electron chi connectivity index (χ3n) is 6.97. The van der Waals surface area contributed by atoms with E-state index in [4.69, 9.17) is 15.2 Å². The molecule has 0 aliphatic carbocycles. The summed E-state index contributed by atoms with van der Waals surface area (Å²) in [7, 11) is 0. The fourth-order valence-corrected chi connectivity index (χ4v) is 5.00. The van der Waals surface area contributed by atoms with Gasteiger partial charge in [-0.1, -0.05) is 66.7 Å². The number of ether oxygens (including phenoxy) is 2. The highest BCUT2D eigenvalue weighted by molar-refractivity contribution is 5.41. The molecule has 0 spiro atoms. The van der Waals surface area contributed by atoms with Crippen molar-refractivity contribution in [3.63, 3.8) is 0 Å². The number of anilines is 1. The van der Waals surface area contributed by atoms with Gasteiger partial charge in [-0.05, 0) is 28.8 Å². The molecule has 2 aliphatic heterocycles. The molecular formula is C29H35N3O3. The Morgan fingerprint density at radius 2 is 1.51 bits per heavy atom. The summed E-state index contributed by atoms with van der Waals surface area (Å²) < 4.78 is 12.9. The molecule has 0 unspecified atom stereocenters. The summed E-state index contributed by atoms with van der Waals surface area (Å²) in [4.78, 5) is 5.04. The predicted molar refractivity (Wildman–Crippen MR) is 137 cm³/mol. The van der Waals surface area contributed by atoms with Crippen LogP contribution >= 0.6 is 0 Å². The molecule has 0 bridgehead atoms. The van der Waals surface area contributed by atoms with Gasteiger partial charge in [0.15, 0.2) is 6.29 Å². The van der Waals surface area contributed by atoms with Gasteiger partial charge < -0.3 is 20.3 Å². The monoisotopic (exact) mass is 473 g/mol. The summed E-state index contributed by atoms with van der Waals surface area (Å²) in [5, 5.41) is 9.41. The molecule has 6 nitrogen and oxygen atoms in total. The molecule has 6 heteroatoms. The zero-order valence-electron chi connectivity index (χ0n) is 20.1. The van der Waals surface area contributed by atoms with Crippen LogP contribution in [0.25, 0.3) is 0 Å². The number of nitrogen functional groups attached to an aromatic ring is 1. The Kier molecular flexibility index (Phi) is 7.76. The summed E-state index contributed by atoms with van der Waals surface area (Å²) in [6.07, 6.45) is 0.312. The van der Waals surface area contributed by atoms with Gasteiger partial charge in [-0.2, -0.15) is 0 Å². The summed E-state index contributed by atoms with van der Waals surface area (Å²) in [5.74, 6) is 0. The van der Waals surface area contributed by atoms with Gasteiger partial charge in [-0.15, -0.1) is 0 Å². The highest BCUT2D eigenvalue weighted by atomic mass is 16.7. The number of hydrogen-bond donors (Lipinski definition) is 2. The van der Waals surface area contributed by atoms with E-state index < -0.39 is 6.29 Å². The fourth-order valence-electron chi connectivity index (χ4n) is 5.00. The van der Waals surface area contributed by atoms with Crippen LogP contribution in [-0.2, 0) is 22.6 Å². The Morgan fingerprint density at radius 1 is 0.771 bits per heavy atom. The van der Waals surface area contributed by atoms with Gasteiger partial charge in [0.2, 0.25) is 0 Å². The van der Waals surface area contributed by atoms with E-state index in [0.717, 1.165) is 62.4 Å². The van der Waals surface area contributed by atoms with E-state index >= 15 is 0 Å². The van der Waals surface area contributed by atoms with E-state index in [2.05, 4.69) is 52.3 Å². The quantitative estimate of drug-likeness (QED) is 0.503. The lowest BCUT2D eigenvalue weighted by Crippen LogP contribution is -2.49. The minimum absolute atomic E-state index is 0.0414. The molecule has 184 valence electrons. The van der Waals surface area contributed by atoms with Gasteiger partial charge in [0.05, 0.1) is 18.8 Å². The third kappa shape index (κ3) is 6.28. The first kappa shape index (κ1) is 24.0. The third-order valence-corrected chi connectivity index (χ3v) is 6.97. The molecule has 3 atom stereocenters. The molecule has 2 aliphatic rings. The molecule has 2 fully saturated rings. The van der Waals surface area contributed by atoms with Crippen LogP contribution in [0.4, 0.5) is 5.69 Å². The molecule has 5 rings (SSSR count). The summed E-state index contributed by atoms with van der Waals surface area (Å²) in [5.41, 5.74) is 11.1. The van der Waals surface area contributed by atoms with Crippen LogP contribution in [0.5, 0.6) is 0 Å². The van der Waals surface area contributed by atoms with Crippen molar-refractivity contribution < 1.29 is 14.6 Å². The number of nitrogens with zero attached hydrogens (tertiary/aromatic N) is 2. The Balaban J connectivity index is 1.24. The number of nitrogens with two attached hydrogens (primary N) is 1. The SMILES string of the molecule is Nc1cccc([C@H]2O[C@@H](CN3CCN(Cc4ccccc4)CC3)C[C@@H](c3ccc(CO)cc3)O2)c1. The van der Waals surface area contributed by atoms with Crippen LogP contribution in [0.1, 0.15) is 41.1 Å². The van der Waals surface area contributed by atoms with Crippen LogP contribution in [0.15, 0.2) is 78.9 Å². The molecule has 35 heavy (non-hydrogen) atoms. The summed E-state index contributed by atoms with van der Waals surface area (Å²) in [6.45, 7) is 6.11. The van der Waals surface area contributed by atoms with Crippen molar-refractivity contribution in [3.8, 4) is 0 Å². The Morgan fingerprint density at radius 3 is 2.23 bits per heavy atom. The lowest BCUT2D eigenvalue weighted by Gasteiger charge is -2.40. The van der Waals surface area contributed by atoms with Crippen molar-refractivity contribution in [1.29, 1.82) is 0 Å². The van der Waals surface area contributed by atoms with Gasteiger partial charge >= 0.3 is 0 Å². The molecule has 2 saturated heterocycles. The molecule has 0 saturated carbocycles. The van der Waals surface area contributed by atoms with Crippen LogP contribution in [-0.4, -0.2) is 53.7 Å². The normalized spacial score (nSPS) is 23.9. The molecule has 3 aromatic rings. The number of piperazine rings is 1. The number of hydrogen-bond acceptors (Lipinski definition) is 6. The Bertz CT molecular complexity index is 1070. The fraction of sp³-hybridized carbons (Fsp3) is 0.379. The lowest BCUT2D eigenvalue weighted by molar-refractivity contribution is -0.253. The standard InChI is InChI=1S/C29H35N3O3/c30-26-8-4-7-25(17-26)29-34-27(18-28(35-29)24-11-9-23(21-33)10-12-24)20-32-15-13-31(14-16-32)19-22-5-2-1-3-6-22/h1-12,17,27-29,33H,13-16,18-21,30H2/t27-,28+,29+/m1/s1. The van der Waals surface area contributed by atoms with Gasteiger partial charge in [0, 0.05) is 56.9 Å². The van der Waals surface area contributed by atoms with E-state index in [9.17, 15) is 5.11 Å². The smallest absolute Gasteiger partial charge is 0.185 e. The predicted octanol–water partition coefficient (Wildman–Crippen LogP) is 4.12. The first-order valence-electron chi connectivity index (χ1n) is 12.5. The summed E-state index contributed by atoms with van der Waals surface area (Å²) in [6, 6.07) is 26.5. The molecule has 2 heterocycles. The maximum Gasteiger partial charge on any atom is 0.185 e. The maximum atomic E-state index is 9.41. The second-order valence-electron chi connectivity index (χ2n) is 9.58. The van der Waals surface area contributed by atoms with Crippen LogP contribution < -0.4 is 5.73 Å². The molecule has 3 N–H and O–H groups in total. The summed E-state index contributed by atoms with van der Waals surface area (Å²) >= 11 is 0. The molecule has 0 aromatic heterocycles. The first-order chi connectivity index (χ1) is 17.2. The van der Waals surface area contributed by atoms with Gasteiger partial charge in [0.25, 0.3) is 0 Å². The second-order valence-corrected chi connectivity index (χ2v) is 9.58. The Hall–Kier alpha value is -2.74. The minimum atomic E-state index is -0.459. The van der Waals surface area contributed by atoms with Crippen molar-refractivity contribution in [1.82, 2.24) is 9.80 Å². The largest absolute Gasteiger partial charge is 0.399 e. The van der Waals surface area contributed by atoms with E-state index in [1.165, 1.54) is 5.56 Å². The van der Waals surface area contributed by atoms with Crippen molar-refractivity contribution in [3.05, 3.63) is 101 Å². The molecular weight excluding hydrogens is 438 g/mol. The van der Waals surface area contributed by atoms with E-state index in [-0.39, 0.29) is 18.8 Å². The number of aliphatic hydroxyl groups is 1. The first-order valence-corrected chi connectivity index (χ1v) is 12.5.